The van der Waals surface area contributed by atoms with E-state index in [0.717, 1.165) is 56.0 Å². The van der Waals surface area contributed by atoms with E-state index in [1.807, 2.05) is 31.2 Å². The first kappa shape index (κ1) is 23.9. The highest BCUT2D eigenvalue weighted by Crippen LogP contribution is 2.50. The fraction of sp³-hybridized carbons (Fsp3) is 0.517. The van der Waals surface area contributed by atoms with E-state index >= 15 is 0 Å². The van der Waals surface area contributed by atoms with Crippen LogP contribution in [0, 0.1) is 18.8 Å². The smallest absolute Gasteiger partial charge is 0.308 e. The summed E-state index contributed by atoms with van der Waals surface area (Å²) < 4.78 is 10.8. The Morgan fingerprint density at radius 1 is 1.23 bits per heavy atom. The van der Waals surface area contributed by atoms with Crippen molar-refractivity contribution in [2.45, 2.75) is 63.8 Å². The van der Waals surface area contributed by atoms with Crippen LogP contribution < -0.4 is 10.1 Å². The molecule has 1 N–H and O–H groups in total. The minimum Gasteiger partial charge on any atom is -0.469 e. The number of fused-ring (bicyclic) bond motifs is 1. The van der Waals surface area contributed by atoms with Crippen molar-refractivity contribution in [3.8, 4) is 5.75 Å². The van der Waals surface area contributed by atoms with Crippen molar-refractivity contribution in [3.63, 3.8) is 0 Å². The maximum atomic E-state index is 12.8. The normalized spacial score (nSPS) is 26.9. The lowest BCUT2D eigenvalue weighted by molar-refractivity contribution is -0.131. The van der Waals surface area contributed by atoms with Gasteiger partial charge in [0.15, 0.2) is 0 Å². The molecule has 3 atom stereocenters. The summed E-state index contributed by atoms with van der Waals surface area (Å²) in [5.41, 5.74) is 2.12. The summed E-state index contributed by atoms with van der Waals surface area (Å²) >= 11 is 0. The molecule has 0 bridgehead atoms. The number of hydrogen-bond donors (Lipinski definition) is 1. The van der Waals surface area contributed by atoms with Crippen LogP contribution in [0.2, 0.25) is 0 Å². The molecule has 3 aliphatic rings. The van der Waals surface area contributed by atoms with Gasteiger partial charge in [-0.3, -0.25) is 9.59 Å². The van der Waals surface area contributed by atoms with E-state index in [-0.39, 0.29) is 23.3 Å². The van der Waals surface area contributed by atoms with Crippen LogP contribution in [0.25, 0.3) is 6.08 Å². The first-order chi connectivity index (χ1) is 16.9. The largest absolute Gasteiger partial charge is 0.469 e. The van der Waals surface area contributed by atoms with Gasteiger partial charge in [0.05, 0.1) is 6.26 Å². The Labute approximate surface area is 207 Å². The molecule has 1 saturated heterocycles. The molecule has 6 nitrogen and oxygen atoms in total. The van der Waals surface area contributed by atoms with Gasteiger partial charge < -0.3 is 19.4 Å². The second-order valence-corrected chi connectivity index (χ2v) is 10.7. The molecule has 6 heteroatoms. The van der Waals surface area contributed by atoms with Crippen molar-refractivity contribution in [2.24, 2.45) is 11.8 Å². The zero-order valence-electron chi connectivity index (χ0n) is 20.8. The Hall–Kier alpha value is -2.86. The number of aryl methyl sites for hydroxylation is 1. The van der Waals surface area contributed by atoms with Gasteiger partial charge in [-0.05, 0) is 93.7 Å². The summed E-state index contributed by atoms with van der Waals surface area (Å²) in [5.74, 6) is 2.45. The monoisotopic (exact) mass is 476 g/mol. The number of ether oxygens (including phenoxy) is 1. The average Bonchev–Trinajstić information content (AvgIpc) is 3.55. The summed E-state index contributed by atoms with van der Waals surface area (Å²) in [6, 6.07) is 10.1. The van der Waals surface area contributed by atoms with Gasteiger partial charge in [-0.15, -0.1) is 0 Å². The van der Waals surface area contributed by atoms with Crippen LogP contribution in [0.15, 0.2) is 47.1 Å². The predicted molar refractivity (Wildman–Crippen MR) is 135 cm³/mol. The van der Waals surface area contributed by atoms with Gasteiger partial charge in [-0.1, -0.05) is 12.1 Å². The molecule has 1 aromatic heterocycles. The maximum Gasteiger partial charge on any atom is 0.308 e. The van der Waals surface area contributed by atoms with E-state index in [1.165, 1.54) is 31.9 Å². The molecule has 2 heterocycles. The minimum atomic E-state index is -0.302. The van der Waals surface area contributed by atoms with Crippen molar-refractivity contribution >= 4 is 18.0 Å². The first-order valence-electron chi connectivity index (χ1n) is 13.0. The van der Waals surface area contributed by atoms with Crippen molar-refractivity contribution in [2.75, 3.05) is 19.6 Å². The van der Waals surface area contributed by atoms with Gasteiger partial charge in [0.25, 0.3) is 0 Å². The Morgan fingerprint density at radius 3 is 2.83 bits per heavy atom. The number of nitrogens with zero attached hydrogens (tertiary/aromatic N) is 1. The van der Waals surface area contributed by atoms with E-state index < -0.39 is 0 Å². The molecule has 3 fully saturated rings. The minimum absolute atomic E-state index is 0.0305. The molecule has 35 heavy (non-hydrogen) atoms. The Bertz CT molecular complexity index is 1100. The van der Waals surface area contributed by atoms with Crippen LogP contribution in [0.4, 0.5) is 0 Å². The van der Waals surface area contributed by atoms with Crippen LogP contribution in [0.1, 0.15) is 62.3 Å². The Balaban J connectivity index is 1.34. The molecule has 186 valence electrons. The van der Waals surface area contributed by atoms with E-state index in [4.69, 9.17) is 9.15 Å². The third kappa shape index (κ3) is 5.53. The van der Waals surface area contributed by atoms with E-state index in [1.54, 1.807) is 12.3 Å². The molecule has 1 aliphatic heterocycles. The summed E-state index contributed by atoms with van der Waals surface area (Å²) in [4.78, 5) is 27.0. The topological polar surface area (TPSA) is 71.8 Å². The Kier molecular flexibility index (Phi) is 6.83. The number of amides is 1. The third-order valence-electron chi connectivity index (χ3n) is 8.15. The number of carbonyl (C=O) groups is 2. The van der Waals surface area contributed by atoms with Gasteiger partial charge in [0.2, 0.25) is 5.91 Å². The SMILES string of the molecule is CC(=O)Oc1cccc([C@@]23CCN(CC4CC4)C[C@H]2CC[C@@H](NC(=O)/C=C/c2ccoc2C)C3)c1. The molecule has 0 spiro atoms. The second kappa shape index (κ2) is 10.0. The summed E-state index contributed by atoms with van der Waals surface area (Å²) in [7, 11) is 0. The van der Waals surface area contributed by atoms with Crippen LogP contribution >= 0.6 is 0 Å². The van der Waals surface area contributed by atoms with Crippen LogP contribution in [0.3, 0.4) is 0 Å². The molecule has 1 aromatic carbocycles. The molecule has 2 aliphatic carbocycles. The van der Waals surface area contributed by atoms with Crippen molar-refractivity contribution in [1.82, 2.24) is 10.2 Å². The number of benzene rings is 1. The van der Waals surface area contributed by atoms with Crippen molar-refractivity contribution < 1.29 is 18.7 Å². The van der Waals surface area contributed by atoms with E-state index in [0.29, 0.717) is 11.7 Å². The van der Waals surface area contributed by atoms with Gasteiger partial charge in [-0.2, -0.15) is 0 Å². The number of likely N-dealkylation sites (tertiary alicyclic amines) is 1. The van der Waals surface area contributed by atoms with Crippen LogP contribution in [-0.4, -0.2) is 42.5 Å². The van der Waals surface area contributed by atoms with Crippen LogP contribution in [-0.2, 0) is 15.0 Å². The Morgan fingerprint density at radius 2 is 2.09 bits per heavy atom. The number of esters is 1. The number of rotatable bonds is 7. The molecule has 2 saturated carbocycles. The molecule has 1 amide bonds. The van der Waals surface area contributed by atoms with Gasteiger partial charge in [0, 0.05) is 43.1 Å². The zero-order chi connectivity index (χ0) is 24.4. The summed E-state index contributed by atoms with van der Waals surface area (Å²) in [6.07, 6.45) is 11.8. The van der Waals surface area contributed by atoms with Gasteiger partial charge in [0.1, 0.15) is 11.5 Å². The number of piperidine rings is 1. The highest BCUT2D eigenvalue weighted by molar-refractivity contribution is 5.92. The summed E-state index contributed by atoms with van der Waals surface area (Å²) in [5, 5.41) is 3.27. The fourth-order valence-corrected chi connectivity index (χ4v) is 6.19. The van der Waals surface area contributed by atoms with Crippen molar-refractivity contribution in [1.29, 1.82) is 0 Å². The molecule has 0 unspecified atom stereocenters. The number of hydrogen-bond acceptors (Lipinski definition) is 5. The average molecular weight is 477 g/mol. The predicted octanol–water partition coefficient (Wildman–Crippen LogP) is 4.87. The lowest BCUT2D eigenvalue weighted by Gasteiger charge is -2.53. The molecule has 2 aromatic rings. The second-order valence-electron chi connectivity index (χ2n) is 10.7. The number of nitrogens with one attached hydrogen (secondary N) is 1. The zero-order valence-corrected chi connectivity index (χ0v) is 20.8. The van der Waals surface area contributed by atoms with Crippen molar-refractivity contribution in [3.05, 3.63) is 59.6 Å². The van der Waals surface area contributed by atoms with Crippen LogP contribution in [0.5, 0.6) is 5.75 Å². The summed E-state index contributed by atoms with van der Waals surface area (Å²) in [6.45, 7) is 6.73. The fourth-order valence-electron chi connectivity index (χ4n) is 6.19. The van der Waals surface area contributed by atoms with Gasteiger partial charge in [-0.25, -0.2) is 0 Å². The quantitative estimate of drug-likeness (QED) is 0.351. The number of furan rings is 1. The lowest BCUT2D eigenvalue weighted by Crippen LogP contribution is -2.56. The molecular formula is C29H36N2O4. The standard InChI is InChI=1S/C29H36N2O4/c1-20-23(12-15-34-20)8-11-28(33)30-26-10-9-25-19-31(18-22-6-7-22)14-13-29(25,17-26)24-4-3-5-27(16-24)35-21(2)32/h3-5,8,11-12,15-16,22,25-26H,6-7,9-10,13-14,17-19H2,1-2H3,(H,30,33)/b11-8+/t25-,26-,29+/m1/s1. The lowest BCUT2D eigenvalue weighted by atomic mass is 9.58. The first-order valence-corrected chi connectivity index (χ1v) is 13.0. The maximum absolute atomic E-state index is 12.8. The van der Waals surface area contributed by atoms with E-state index in [9.17, 15) is 9.59 Å². The molecular weight excluding hydrogens is 440 g/mol. The van der Waals surface area contributed by atoms with Gasteiger partial charge >= 0.3 is 5.97 Å². The third-order valence-corrected chi connectivity index (χ3v) is 8.15. The molecule has 0 radical (unpaired) electrons. The molecule has 5 rings (SSSR count). The number of carbonyl (C=O) groups excluding carboxylic acids is 2. The highest BCUT2D eigenvalue weighted by atomic mass is 16.5. The highest BCUT2D eigenvalue weighted by Gasteiger charge is 2.48. The van der Waals surface area contributed by atoms with E-state index in [2.05, 4.69) is 22.3 Å².